The third-order valence-electron chi connectivity index (χ3n) is 3.69. The summed E-state index contributed by atoms with van der Waals surface area (Å²) in [4.78, 5) is 0. The van der Waals surface area contributed by atoms with Crippen LogP contribution in [0.1, 0.15) is 64.7 Å². The number of nitrogens with one attached hydrogen (secondary N) is 1. The van der Waals surface area contributed by atoms with Gasteiger partial charge in [-0.05, 0) is 38.6 Å². The Morgan fingerprint density at radius 3 is 2.56 bits per heavy atom. The molecule has 2 nitrogen and oxygen atoms in total. The predicted molar refractivity (Wildman–Crippen MR) is 69.8 cm³/mol. The molecule has 1 atom stereocenters. The Morgan fingerprint density at radius 1 is 1.19 bits per heavy atom. The normalized spacial score (nSPS) is 19.9. The van der Waals surface area contributed by atoms with Crippen LogP contribution in [-0.4, -0.2) is 25.8 Å². The van der Waals surface area contributed by atoms with E-state index in [0.29, 0.717) is 6.10 Å². The van der Waals surface area contributed by atoms with Crippen LogP contribution in [-0.2, 0) is 4.74 Å². The Morgan fingerprint density at radius 2 is 1.94 bits per heavy atom. The van der Waals surface area contributed by atoms with Crippen molar-refractivity contribution in [3.05, 3.63) is 0 Å². The van der Waals surface area contributed by atoms with E-state index >= 15 is 0 Å². The van der Waals surface area contributed by atoms with Crippen LogP contribution in [0.3, 0.4) is 0 Å². The average molecular weight is 227 g/mol. The highest BCUT2D eigenvalue weighted by Gasteiger charge is 2.12. The number of hydrogen-bond donors (Lipinski definition) is 1. The summed E-state index contributed by atoms with van der Waals surface area (Å²) in [6.45, 7) is 3.40. The van der Waals surface area contributed by atoms with Crippen molar-refractivity contribution in [3.8, 4) is 0 Å². The minimum Gasteiger partial charge on any atom is -0.381 e. The first-order chi connectivity index (χ1) is 7.86. The second-order valence-corrected chi connectivity index (χ2v) is 5.08. The Bertz CT molecular complexity index is 148. The van der Waals surface area contributed by atoms with Gasteiger partial charge < -0.3 is 10.1 Å². The molecular weight excluding hydrogens is 198 g/mol. The van der Waals surface area contributed by atoms with Crippen LogP contribution < -0.4 is 5.32 Å². The van der Waals surface area contributed by atoms with E-state index in [0.717, 1.165) is 6.04 Å². The summed E-state index contributed by atoms with van der Waals surface area (Å²) in [5.74, 6) is 0. The van der Waals surface area contributed by atoms with Gasteiger partial charge >= 0.3 is 0 Å². The van der Waals surface area contributed by atoms with Crippen LogP contribution in [0.25, 0.3) is 0 Å². The number of ether oxygens (including phenoxy) is 1. The van der Waals surface area contributed by atoms with Crippen molar-refractivity contribution in [2.24, 2.45) is 0 Å². The quantitative estimate of drug-likeness (QED) is 0.641. The molecule has 1 aliphatic carbocycles. The molecule has 1 fully saturated rings. The standard InChI is InChI=1S/C14H29NO/c1-3-8-14(16-2)11-7-12-15-13-9-5-4-6-10-13/h13-15H,3-12H2,1-2H3/t14-/m0/s1. The van der Waals surface area contributed by atoms with Gasteiger partial charge in [0, 0.05) is 13.2 Å². The molecular formula is C14H29NO. The maximum absolute atomic E-state index is 5.45. The highest BCUT2D eigenvalue weighted by atomic mass is 16.5. The highest BCUT2D eigenvalue weighted by Crippen LogP contribution is 2.17. The van der Waals surface area contributed by atoms with Crippen molar-refractivity contribution in [2.75, 3.05) is 13.7 Å². The van der Waals surface area contributed by atoms with Gasteiger partial charge in [-0.2, -0.15) is 0 Å². The predicted octanol–water partition coefficient (Wildman–Crippen LogP) is 3.50. The lowest BCUT2D eigenvalue weighted by atomic mass is 9.95. The molecule has 1 rings (SSSR count). The molecule has 0 spiro atoms. The Labute approximate surface area is 101 Å². The Balaban J connectivity index is 1.97. The van der Waals surface area contributed by atoms with Gasteiger partial charge in [-0.1, -0.05) is 32.6 Å². The van der Waals surface area contributed by atoms with E-state index in [1.807, 2.05) is 7.11 Å². The van der Waals surface area contributed by atoms with Crippen molar-refractivity contribution in [2.45, 2.75) is 76.9 Å². The van der Waals surface area contributed by atoms with Gasteiger partial charge in [0.25, 0.3) is 0 Å². The van der Waals surface area contributed by atoms with E-state index < -0.39 is 0 Å². The summed E-state index contributed by atoms with van der Waals surface area (Å²) in [6, 6.07) is 0.806. The molecule has 0 aromatic carbocycles. The average Bonchev–Trinajstić information content (AvgIpc) is 2.34. The van der Waals surface area contributed by atoms with Gasteiger partial charge in [0.05, 0.1) is 6.10 Å². The maximum atomic E-state index is 5.45. The molecule has 0 aliphatic heterocycles. The fourth-order valence-electron chi connectivity index (χ4n) is 2.64. The van der Waals surface area contributed by atoms with Crippen LogP contribution >= 0.6 is 0 Å². The summed E-state index contributed by atoms with van der Waals surface area (Å²) in [5.41, 5.74) is 0. The minimum absolute atomic E-state index is 0.484. The fraction of sp³-hybridized carbons (Fsp3) is 1.00. The third kappa shape index (κ3) is 5.86. The topological polar surface area (TPSA) is 21.3 Å². The van der Waals surface area contributed by atoms with E-state index in [1.54, 1.807) is 0 Å². The lowest BCUT2D eigenvalue weighted by molar-refractivity contribution is 0.0853. The van der Waals surface area contributed by atoms with Gasteiger partial charge in [0.15, 0.2) is 0 Å². The van der Waals surface area contributed by atoms with Crippen LogP contribution in [0, 0.1) is 0 Å². The molecule has 96 valence electrons. The lowest BCUT2D eigenvalue weighted by Gasteiger charge is -2.23. The van der Waals surface area contributed by atoms with Crippen LogP contribution in [0.2, 0.25) is 0 Å². The molecule has 0 aromatic heterocycles. The highest BCUT2D eigenvalue weighted by molar-refractivity contribution is 4.71. The van der Waals surface area contributed by atoms with Crippen LogP contribution in [0.15, 0.2) is 0 Å². The van der Waals surface area contributed by atoms with Gasteiger partial charge in [-0.15, -0.1) is 0 Å². The smallest absolute Gasteiger partial charge is 0.0571 e. The van der Waals surface area contributed by atoms with Crippen molar-refractivity contribution >= 4 is 0 Å². The van der Waals surface area contributed by atoms with Crippen LogP contribution in [0.4, 0.5) is 0 Å². The van der Waals surface area contributed by atoms with E-state index in [2.05, 4.69) is 12.2 Å². The van der Waals surface area contributed by atoms with Gasteiger partial charge in [-0.25, -0.2) is 0 Å². The molecule has 1 saturated carbocycles. The van der Waals surface area contributed by atoms with E-state index in [4.69, 9.17) is 4.74 Å². The molecule has 2 heteroatoms. The van der Waals surface area contributed by atoms with Crippen molar-refractivity contribution < 1.29 is 4.74 Å². The van der Waals surface area contributed by atoms with E-state index in [-0.39, 0.29) is 0 Å². The molecule has 0 unspecified atom stereocenters. The summed E-state index contributed by atoms with van der Waals surface area (Å²) >= 11 is 0. The third-order valence-corrected chi connectivity index (χ3v) is 3.69. The monoisotopic (exact) mass is 227 g/mol. The lowest BCUT2D eigenvalue weighted by Crippen LogP contribution is -2.32. The van der Waals surface area contributed by atoms with Crippen LogP contribution in [0.5, 0.6) is 0 Å². The summed E-state index contributed by atoms with van der Waals surface area (Å²) < 4.78 is 5.45. The first-order valence-corrected chi connectivity index (χ1v) is 7.13. The fourth-order valence-corrected chi connectivity index (χ4v) is 2.64. The molecule has 1 aliphatic rings. The van der Waals surface area contributed by atoms with E-state index in [1.165, 1.54) is 64.3 Å². The molecule has 0 heterocycles. The number of methoxy groups -OCH3 is 1. The second-order valence-electron chi connectivity index (χ2n) is 5.08. The molecule has 16 heavy (non-hydrogen) atoms. The number of rotatable bonds is 8. The Hall–Kier alpha value is -0.0800. The molecule has 0 bridgehead atoms. The van der Waals surface area contributed by atoms with Gasteiger partial charge in [-0.3, -0.25) is 0 Å². The van der Waals surface area contributed by atoms with Crippen molar-refractivity contribution in [1.29, 1.82) is 0 Å². The summed E-state index contributed by atoms with van der Waals surface area (Å²) in [6.07, 6.45) is 12.5. The first-order valence-electron chi connectivity index (χ1n) is 7.13. The zero-order valence-corrected chi connectivity index (χ0v) is 11.1. The summed E-state index contributed by atoms with van der Waals surface area (Å²) in [7, 11) is 1.84. The van der Waals surface area contributed by atoms with Crippen molar-refractivity contribution in [1.82, 2.24) is 5.32 Å². The first kappa shape index (κ1) is 14.0. The molecule has 0 amide bonds. The van der Waals surface area contributed by atoms with E-state index in [9.17, 15) is 0 Å². The second kappa shape index (κ2) is 9.00. The number of hydrogen-bond acceptors (Lipinski definition) is 2. The molecule has 0 aromatic rings. The zero-order chi connectivity index (χ0) is 11.6. The molecule has 1 N–H and O–H groups in total. The largest absolute Gasteiger partial charge is 0.381 e. The van der Waals surface area contributed by atoms with Gasteiger partial charge in [0.2, 0.25) is 0 Å². The maximum Gasteiger partial charge on any atom is 0.0571 e. The molecule has 0 saturated heterocycles. The SMILES string of the molecule is CCC[C@@H](CCCNC1CCCCC1)OC. The summed E-state index contributed by atoms with van der Waals surface area (Å²) in [5, 5.41) is 3.69. The Kier molecular flexibility index (Phi) is 7.87. The molecule has 0 radical (unpaired) electrons. The van der Waals surface area contributed by atoms with Crippen molar-refractivity contribution in [3.63, 3.8) is 0 Å². The zero-order valence-electron chi connectivity index (χ0n) is 11.1. The van der Waals surface area contributed by atoms with Gasteiger partial charge in [0.1, 0.15) is 0 Å². The minimum atomic E-state index is 0.484.